The number of ketones is 1. The first-order valence-electron chi connectivity index (χ1n) is 7.23. The highest BCUT2D eigenvalue weighted by Gasteiger charge is 2.32. The number of carbonyl (C=O) groups is 3. The minimum atomic E-state index is -0.980. The highest BCUT2D eigenvalue weighted by molar-refractivity contribution is 5.87. The van der Waals surface area contributed by atoms with Gasteiger partial charge in [0.1, 0.15) is 5.92 Å². The van der Waals surface area contributed by atoms with Gasteiger partial charge in [-0.2, -0.15) is 0 Å². The molecule has 1 amide bonds. The second-order valence-electron chi connectivity index (χ2n) is 5.46. The quantitative estimate of drug-likeness (QED) is 0.571. The number of carbonyl (C=O) groups excluding carboxylic acids is 3. The van der Waals surface area contributed by atoms with E-state index in [1.165, 1.54) is 18.9 Å². The summed E-state index contributed by atoms with van der Waals surface area (Å²) in [6.45, 7) is 2.16. The molecule has 2 atom stereocenters. The van der Waals surface area contributed by atoms with Crippen molar-refractivity contribution < 1.29 is 28.6 Å². The van der Waals surface area contributed by atoms with Crippen LogP contribution in [0, 0.1) is 5.92 Å². The molecule has 0 aromatic rings. The van der Waals surface area contributed by atoms with Gasteiger partial charge in [-0.15, -0.1) is 0 Å². The molecule has 0 N–H and O–H groups in total. The number of esters is 1. The molecule has 7 heteroatoms. The maximum Gasteiger partial charge on any atom is 0.413 e. The molecule has 7 nitrogen and oxygen atoms in total. The molecular formula is C14H21NO6. The molecule has 1 unspecified atom stereocenters. The minimum Gasteiger partial charge on any atom is -0.425 e. The Hall–Kier alpha value is -1.63. The molecule has 21 heavy (non-hydrogen) atoms. The average Bonchev–Trinajstić information content (AvgIpc) is 2.35. The molecule has 1 saturated carbocycles. The van der Waals surface area contributed by atoms with Gasteiger partial charge in [0, 0.05) is 20.4 Å². The molecule has 1 aliphatic heterocycles. The van der Waals surface area contributed by atoms with Gasteiger partial charge in [0.2, 0.25) is 6.29 Å². The monoisotopic (exact) mass is 299 g/mol. The van der Waals surface area contributed by atoms with Gasteiger partial charge in [0.05, 0.1) is 19.3 Å². The Balaban J connectivity index is 1.79. The predicted octanol–water partition coefficient (Wildman–Crippen LogP) is 1.10. The zero-order valence-corrected chi connectivity index (χ0v) is 12.4. The predicted molar refractivity (Wildman–Crippen MR) is 71.4 cm³/mol. The average molecular weight is 299 g/mol. The summed E-state index contributed by atoms with van der Waals surface area (Å²) in [4.78, 5) is 36.6. The Morgan fingerprint density at radius 2 is 2.00 bits per heavy atom. The summed E-state index contributed by atoms with van der Waals surface area (Å²) in [7, 11) is 1.53. The van der Waals surface area contributed by atoms with E-state index < -0.39 is 24.4 Å². The second kappa shape index (κ2) is 6.89. The van der Waals surface area contributed by atoms with Crippen LogP contribution in [0.15, 0.2) is 0 Å². The van der Waals surface area contributed by atoms with Crippen molar-refractivity contribution in [3.05, 3.63) is 0 Å². The van der Waals surface area contributed by atoms with Crippen LogP contribution in [-0.2, 0) is 23.8 Å². The number of ether oxygens (including phenoxy) is 3. The highest BCUT2D eigenvalue weighted by atomic mass is 16.7. The summed E-state index contributed by atoms with van der Waals surface area (Å²) in [5, 5.41) is 0. The second-order valence-corrected chi connectivity index (χ2v) is 5.46. The normalized spacial score (nSPS) is 23.9. The summed E-state index contributed by atoms with van der Waals surface area (Å²) < 4.78 is 15.0. The van der Waals surface area contributed by atoms with E-state index in [4.69, 9.17) is 14.2 Å². The number of hydrogen-bond donors (Lipinski definition) is 0. The van der Waals surface area contributed by atoms with Crippen molar-refractivity contribution >= 4 is 17.8 Å². The van der Waals surface area contributed by atoms with Crippen molar-refractivity contribution in [3.8, 4) is 0 Å². The van der Waals surface area contributed by atoms with E-state index in [9.17, 15) is 14.4 Å². The Kier molecular flexibility index (Phi) is 5.17. The lowest BCUT2D eigenvalue weighted by Crippen LogP contribution is -2.45. The Morgan fingerprint density at radius 1 is 1.29 bits per heavy atom. The summed E-state index contributed by atoms with van der Waals surface area (Å²) in [6.07, 6.45) is 1.30. The summed E-state index contributed by atoms with van der Waals surface area (Å²) >= 11 is 0. The van der Waals surface area contributed by atoms with Gasteiger partial charge < -0.3 is 19.1 Å². The van der Waals surface area contributed by atoms with E-state index in [2.05, 4.69) is 0 Å². The van der Waals surface area contributed by atoms with Crippen LogP contribution in [0.1, 0.15) is 32.6 Å². The third-order valence-electron chi connectivity index (χ3n) is 3.80. The zero-order valence-electron chi connectivity index (χ0n) is 12.4. The van der Waals surface area contributed by atoms with E-state index in [0.29, 0.717) is 26.1 Å². The highest BCUT2D eigenvalue weighted by Crippen LogP contribution is 2.20. The van der Waals surface area contributed by atoms with Gasteiger partial charge >= 0.3 is 12.1 Å². The van der Waals surface area contributed by atoms with Crippen LogP contribution >= 0.6 is 0 Å². The number of hydrogen-bond acceptors (Lipinski definition) is 6. The summed E-state index contributed by atoms with van der Waals surface area (Å²) in [5.41, 5.74) is 0. The first-order valence-corrected chi connectivity index (χ1v) is 7.23. The number of nitrogens with zero attached hydrogens (tertiary/aromatic N) is 1. The molecule has 0 aromatic heterocycles. The lowest BCUT2D eigenvalue weighted by Gasteiger charge is -2.30. The number of rotatable bonds is 4. The van der Waals surface area contributed by atoms with Crippen molar-refractivity contribution in [1.82, 2.24) is 4.90 Å². The van der Waals surface area contributed by atoms with E-state index >= 15 is 0 Å². The first-order chi connectivity index (χ1) is 9.99. The molecule has 118 valence electrons. The first kappa shape index (κ1) is 15.8. The minimum absolute atomic E-state index is 0.0527. The molecule has 2 fully saturated rings. The maximum absolute atomic E-state index is 12.0. The largest absolute Gasteiger partial charge is 0.425 e. The summed E-state index contributed by atoms with van der Waals surface area (Å²) in [5.74, 6) is -0.654. The van der Waals surface area contributed by atoms with Crippen molar-refractivity contribution in [2.24, 2.45) is 5.92 Å². The fourth-order valence-corrected chi connectivity index (χ4v) is 2.38. The summed E-state index contributed by atoms with van der Waals surface area (Å²) in [6, 6.07) is -0.436. The molecule has 1 heterocycles. The van der Waals surface area contributed by atoms with Crippen LogP contribution in [0.2, 0.25) is 0 Å². The van der Waals surface area contributed by atoms with Crippen molar-refractivity contribution in [3.63, 3.8) is 0 Å². The lowest BCUT2D eigenvalue weighted by atomic mass is 9.93. The van der Waals surface area contributed by atoms with Gasteiger partial charge in [-0.25, -0.2) is 4.79 Å². The fraction of sp³-hybridized carbons (Fsp3) is 0.786. The molecule has 1 saturated heterocycles. The topological polar surface area (TPSA) is 82.1 Å². The van der Waals surface area contributed by atoms with Crippen LogP contribution in [0.25, 0.3) is 0 Å². The Labute approximate surface area is 123 Å². The molecule has 1 aliphatic carbocycles. The molecule has 0 aromatic carbocycles. The Morgan fingerprint density at radius 3 is 2.57 bits per heavy atom. The van der Waals surface area contributed by atoms with Gasteiger partial charge in [-0.1, -0.05) is 6.42 Å². The van der Waals surface area contributed by atoms with Gasteiger partial charge in [-0.05, 0) is 12.8 Å². The number of amides is 1. The third-order valence-corrected chi connectivity index (χ3v) is 3.80. The smallest absolute Gasteiger partial charge is 0.413 e. The molecule has 0 spiro atoms. The van der Waals surface area contributed by atoms with Crippen LogP contribution in [-0.4, -0.2) is 55.3 Å². The molecule has 2 aliphatic rings. The molecular weight excluding hydrogens is 278 g/mol. The van der Waals surface area contributed by atoms with Crippen LogP contribution in [0.3, 0.4) is 0 Å². The van der Waals surface area contributed by atoms with Crippen LogP contribution in [0.5, 0.6) is 0 Å². The number of Topliss-reactive ketones (excluding diaryl/α,β-unsaturated/α-hetero) is 1. The van der Waals surface area contributed by atoms with E-state index in [0.717, 1.165) is 12.8 Å². The lowest BCUT2D eigenvalue weighted by molar-refractivity contribution is -0.184. The van der Waals surface area contributed by atoms with E-state index in [1.54, 1.807) is 0 Å². The molecule has 2 rings (SSSR count). The SMILES string of the molecule is CC(OC(=O)C1COC1)OC(=O)N(C)[C@@H]1CCCCC1=O. The van der Waals surface area contributed by atoms with Gasteiger partial charge in [-0.3, -0.25) is 9.59 Å². The third kappa shape index (κ3) is 3.93. The Bertz CT molecular complexity index is 420. The standard InChI is InChI=1S/C14H21NO6/c1-9(20-13(17)10-7-19-8-10)21-14(18)15(2)11-5-3-4-6-12(11)16/h9-11H,3-8H2,1-2H3/t9?,11-/m1/s1. The van der Waals surface area contributed by atoms with E-state index in [1.807, 2.05) is 0 Å². The van der Waals surface area contributed by atoms with Gasteiger partial charge in [0.15, 0.2) is 5.78 Å². The van der Waals surface area contributed by atoms with Gasteiger partial charge in [0.25, 0.3) is 0 Å². The fourth-order valence-electron chi connectivity index (χ4n) is 2.38. The van der Waals surface area contributed by atoms with Crippen LogP contribution in [0.4, 0.5) is 4.79 Å². The van der Waals surface area contributed by atoms with Crippen molar-refractivity contribution in [2.75, 3.05) is 20.3 Å². The zero-order chi connectivity index (χ0) is 15.4. The van der Waals surface area contributed by atoms with Crippen molar-refractivity contribution in [1.29, 1.82) is 0 Å². The van der Waals surface area contributed by atoms with Crippen molar-refractivity contribution in [2.45, 2.75) is 44.9 Å². The van der Waals surface area contributed by atoms with Crippen LogP contribution < -0.4 is 0 Å². The number of likely N-dealkylation sites (N-methyl/N-ethyl adjacent to an activating group) is 1. The maximum atomic E-state index is 12.0. The molecule has 0 radical (unpaired) electrons. The molecule has 0 bridgehead atoms. The van der Waals surface area contributed by atoms with E-state index in [-0.39, 0.29) is 11.7 Å².